The lowest BCUT2D eigenvalue weighted by Gasteiger charge is -2.42. The number of nitrogens with zero attached hydrogens (tertiary/aromatic N) is 4. The van der Waals surface area contributed by atoms with E-state index in [1.54, 1.807) is 4.90 Å². The van der Waals surface area contributed by atoms with Crippen LogP contribution in [0.1, 0.15) is 47.0 Å². The molecule has 0 aromatic carbocycles. The first kappa shape index (κ1) is 34.9. The molecule has 0 aromatic rings. The van der Waals surface area contributed by atoms with E-state index in [0.29, 0.717) is 45.5 Å². The van der Waals surface area contributed by atoms with Crippen molar-refractivity contribution in [2.24, 2.45) is 5.92 Å². The van der Waals surface area contributed by atoms with E-state index in [0.717, 1.165) is 0 Å². The van der Waals surface area contributed by atoms with Gasteiger partial charge in [-0.2, -0.15) is 0 Å². The topological polar surface area (TPSA) is 152 Å². The van der Waals surface area contributed by atoms with Crippen molar-refractivity contribution in [3.05, 3.63) is 0 Å². The Balaban J connectivity index is 2.32. The van der Waals surface area contributed by atoms with E-state index in [9.17, 15) is 29.4 Å². The van der Waals surface area contributed by atoms with Gasteiger partial charge in [0, 0.05) is 79.9 Å². The van der Waals surface area contributed by atoms with Crippen LogP contribution in [0.5, 0.6) is 0 Å². The lowest BCUT2D eigenvalue weighted by Crippen LogP contribution is -2.61. The second kappa shape index (κ2) is 17.0. The maximum absolute atomic E-state index is 13.9. The zero-order valence-electron chi connectivity index (χ0n) is 25.6. The molecule has 41 heavy (non-hydrogen) atoms. The monoisotopic (exact) mass is 585 g/mol. The molecule has 0 spiro atoms. The lowest BCUT2D eigenvalue weighted by atomic mass is 10.00. The van der Waals surface area contributed by atoms with E-state index in [1.807, 2.05) is 9.80 Å². The van der Waals surface area contributed by atoms with Crippen molar-refractivity contribution < 1.29 is 38.9 Å². The Morgan fingerprint density at radius 2 is 1.68 bits per heavy atom. The highest BCUT2D eigenvalue weighted by Gasteiger charge is 2.36. The number of piperazine rings is 1. The third kappa shape index (κ3) is 10.5. The highest BCUT2D eigenvalue weighted by atomic mass is 16.5. The minimum absolute atomic E-state index is 0.0432. The molecule has 3 N–H and O–H groups in total. The fourth-order valence-electron chi connectivity index (χ4n) is 5.55. The molecule has 2 aliphatic heterocycles. The van der Waals surface area contributed by atoms with Gasteiger partial charge in [-0.3, -0.25) is 24.1 Å². The predicted molar refractivity (Wildman–Crippen MR) is 152 cm³/mol. The normalized spacial score (nSPS) is 27.8. The zero-order chi connectivity index (χ0) is 30.7. The molecule has 0 bridgehead atoms. The number of aliphatic hydroxyl groups excluding tert-OH is 2. The zero-order valence-corrected chi connectivity index (χ0v) is 25.6. The summed E-state index contributed by atoms with van der Waals surface area (Å²) < 4.78 is 11.0. The molecule has 0 saturated carbocycles. The molecule has 2 heterocycles. The van der Waals surface area contributed by atoms with Crippen LogP contribution in [0.15, 0.2) is 0 Å². The molecular weight excluding hydrogens is 534 g/mol. The summed E-state index contributed by atoms with van der Waals surface area (Å²) in [5, 5.41) is 23.7. The third-order valence-corrected chi connectivity index (χ3v) is 7.86. The van der Waals surface area contributed by atoms with Crippen LogP contribution in [0.4, 0.5) is 0 Å². The fraction of sp³-hybridized carbons (Fsp3) is 0.857. The minimum Gasteiger partial charge on any atom is -0.388 e. The average Bonchev–Trinajstić information content (AvgIpc) is 2.92. The number of hydrogen-bond donors (Lipinski definition) is 3. The molecule has 2 fully saturated rings. The molecular formula is C28H51N5O8. The van der Waals surface area contributed by atoms with Crippen molar-refractivity contribution in [1.29, 1.82) is 0 Å². The largest absolute Gasteiger partial charge is 0.388 e. The molecule has 4 amide bonds. The van der Waals surface area contributed by atoms with Crippen molar-refractivity contribution in [3.8, 4) is 0 Å². The van der Waals surface area contributed by atoms with Crippen LogP contribution >= 0.6 is 0 Å². The van der Waals surface area contributed by atoms with Gasteiger partial charge >= 0.3 is 0 Å². The number of rotatable bonds is 6. The predicted octanol–water partition coefficient (Wildman–Crippen LogP) is -1.10. The van der Waals surface area contributed by atoms with Crippen molar-refractivity contribution in [2.45, 2.75) is 77.4 Å². The fourth-order valence-corrected chi connectivity index (χ4v) is 5.55. The van der Waals surface area contributed by atoms with Gasteiger partial charge in [-0.25, -0.2) is 0 Å². The van der Waals surface area contributed by atoms with E-state index >= 15 is 0 Å². The molecule has 0 radical (unpaired) electrons. The van der Waals surface area contributed by atoms with Gasteiger partial charge in [0.15, 0.2) is 0 Å². The van der Waals surface area contributed by atoms with Crippen LogP contribution in [-0.4, -0.2) is 157 Å². The summed E-state index contributed by atoms with van der Waals surface area (Å²) in [5.41, 5.74) is 0. The molecule has 13 heteroatoms. The van der Waals surface area contributed by atoms with E-state index in [2.05, 4.69) is 19.2 Å². The number of likely N-dealkylation sites (N-methyl/N-ethyl adjacent to an activating group) is 1. The molecule has 0 aromatic heterocycles. The first-order valence-electron chi connectivity index (χ1n) is 14.6. The van der Waals surface area contributed by atoms with Gasteiger partial charge in [-0.15, -0.1) is 0 Å². The number of aliphatic hydroxyl groups is 2. The molecule has 5 atom stereocenters. The summed E-state index contributed by atoms with van der Waals surface area (Å²) in [6.45, 7) is 9.17. The summed E-state index contributed by atoms with van der Waals surface area (Å²) in [6, 6.07) is -0.981. The highest BCUT2D eigenvalue weighted by Crippen LogP contribution is 2.19. The van der Waals surface area contributed by atoms with Crippen LogP contribution in [0.3, 0.4) is 0 Å². The molecule has 2 saturated heterocycles. The number of methoxy groups -OCH3 is 1. The van der Waals surface area contributed by atoms with Crippen molar-refractivity contribution in [3.63, 3.8) is 0 Å². The maximum atomic E-state index is 13.9. The van der Waals surface area contributed by atoms with Gasteiger partial charge in [0.2, 0.25) is 23.6 Å². The molecule has 13 nitrogen and oxygen atoms in total. The Kier molecular flexibility index (Phi) is 14.4. The Morgan fingerprint density at radius 1 is 0.976 bits per heavy atom. The first-order valence-corrected chi connectivity index (χ1v) is 14.6. The highest BCUT2D eigenvalue weighted by molar-refractivity contribution is 5.87. The molecule has 2 aliphatic rings. The quantitative estimate of drug-likeness (QED) is 0.353. The Morgan fingerprint density at radius 3 is 2.27 bits per heavy atom. The van der Waals surface area contributed by atoms with E-state index in [1.165, 1.54) is 32.9 Å². The Labute approximate surface area is 244 Å². The summed E-state index contributed by atoms with van der Waals surface area (Å²) in [5.74, 6) is -0.570. The van der Waals surface area contributed by atoms with Gasteiger partial charge < -0.3 is 39.7 Å². The summed E-state index contributed by atoms with van der Waals surface area (Å²) >= 11 is 0. The van der Waals surface area contributed by atoms with Crippen molar-refractivity contribution in [2.75, 3.05) is 73.2 Å². The van der Waals surface area contributed by atoms with Gasteiger partial charge in [-0.1, -0.05) is 13.8 Å². The molecule has 0 aliphatic carbocycles. The molecule has 1 unspecified atom stereocenters. The second-order valence-electron chi connectivity index (χ2n) is 11.5. The smallest absolute Gasteiger partial charge is 0.243 e. The van der Waals surface area contributed by atoms with Gasteiger partial charge in [-0.05, 0) is 25.2 Å². The number of nitrogens with one attached hydrogen (secondary N) is 1. The number of hydrogen-bond acceptors (Lipinski definition) is 9. The minimum atomic E-state index is -1.26. The summed E-state index contributed by atoms with van der Waals surface area (Å²) in [7, 11) is 2.95. The number of carbonyl (C=O) groups is 4. The van der Waals surface area contributed by atoms with E-state index in [4.69, 9.17) is 9.47 Å². The second-order valence-corrected chi connectivity index (χ2v) is 11.5. The summed E-state index contributed by atoms with van der Waals surface area (Å²) in [6.07, 6.45) is -1.33. The van der Waals surface area contributed by atoms with Crippen molar-refractivity contribution in [1.82, 2.24) is 24.9 Å². The van der Waals surface area contributed by atoms with E-state index < -0.39 is 24.4 Å². The van der Waals surface area contributed by atoms with Crippen LogP contribution in [0.2, 0.25) is 0 Å². The number of amides is 4. The van der Waals surface area contributed by atoms with Crippen LogP contribution < -0.4 is 5.32 Å². The van der Waals surface area contributed by atoms with Crippen LogP contribution in [0, 0.1) is 5.92 Å². The number of carbonyl (C=O) groups excluding carboxylic acids is 4. The first-order chi connectivity index (χ1) is 19.4. The van der Waals surface area contributed by atoms with Gasteiger partial charge in [0.1, 0.15) is 24.4 Å². The molecule has 2 rings (SSSR count). The molecule has 236 valence electrons. The Bertz CT molecular complexity index is 874. The van der Waals surface area contributed by atoms with Gasteiger partial charge in [0.25, 0.3) is 0 Å². The standard InChI is InChI=1S/C28H51N5O8/c1-19(2)13-22-14-31(20(3)34)16-25(40-6)27(38)24(36)18-41-12-8-7-9-33(22)26(37)17-30-10-11-32(21(4)35)23(15-30)28(39)29-5/h19,22-25,27,36,38H,7-18H2,1-6H3,(H,29,39)/t22-,23?,24-,25-,27-/m1/s1. The third-order valence-electron chi connectivity index (χ3n) is 7.86. The summed E-state index contributed by atoms with van der Waals surface area (Å²) in [4.78, 5) is 58.2. The van der Waals surface area contributed by atoms with E-state index in [-0.39, 0.29) is 68.4 Å². The van der Waals surface area contributed by atoms with Gasteiger partial charge in [0.05, 0.1) is 13.2 Å². The Hall–Kier alpha value is -2.32. The van der Waals surface area contributed by atoms with Crippen LogP contribution in [0.25, 0.3) is 0 Å². The van der Waals surface area contributed by atoms with Crippen molar-refractivity contribution >= 4 is 23.6 Å². The SMILES string of the molecule is CNC(=O)C1CN(CC(=O)N2CCCCOC[C@@H](O)[C@@H](O)[C@H](OC)CN(C(C)=O)C[C@H]2CC(C)C)CCN1C(C)=O. The lowest BCUT2D eigenvalue weighted by molar-refractivity contribution is -0.146. The average molecular weight is 586 g/mol. The maximum Gasteiger partial charge on any atom is 0.243 e. The van der Waals surface area contributed by atoms with Crippen LogP contribution in [-0.2, 0) is 28.7 Å². The number of ether oxygens (including phenoxy) is 2.